The van der Waals surface area contributed by atoms with Gasteiger partial charge in [-0.3, -0.25) is 0 Å². The van der Waals surface area contributed by atoms with E-state index < -0.39 is 0 Å². The molecule has 1 atom stereocenters. The lowest BCUT2D eigenvalue weighted by Crippen LogP contribution is -2.16. The molecule has 2 aliphatic rings. The molecule has 1 unspecified atom stereocenters. The predicted molar refractivity (Wildman–Crippen MR) is 102 cm³/mol. The van der Waals surface area contributed by atoms with Gasteiger partial charge in [-0.15, -0.1) is 0 Å². The summed E-state index contributed by atoms with van der Waals surface area (Å²) < 4.78 is 13.9. The molecule has 5 rings (SSSR count). The van der Waals surface area contributed by atoms with Crippen LogP contribution in [0.5, 0.6) is 0 Å². The van der Waals surface area contributed by atoms with Gasteiger partial charge in [0, 0.05) is 5.92 Å². The number of halogens is 1. The molecule has 0 saturated carbocycles. The number of fused-ring (bicyclic) bond motifs is 4. The van der Waals surface area contributed by atoms with Gasteiger partial charge >= 0.3 is 0 Å². The Morgan fingerprint density at radius 2 is 1.84 bits per heavy atom. The molecule has 0 nitrogen and oxygen atoms in total. The molecule has 0 aromatic heterocycles. The summed E-state index contributed by atoms with van der Waals surface area (Å²) >= 11 is 0. The Morgan fingerprint density at radius 1 is 0.920 bits per heavy atom. The number of hydrogen-bond donors (Lipinski definition) is 0. The van der Waals surface area contributed by atoms with Gasteiger partial charge in [0.1, 0.15) is 5.82 Å². The number of benzene rings is 3. The first kappa shape index (κ1) is 14.7. The zero-order valence-corrected chi connectivity index (χ0v) is 14.0. The van der Waals surface area contributed by atoms with Crippen molar-refractivity contribution in [2.75, 3.05) is 0 Å². The van der Waals surface area contributed by atoms with Gasteiger partial charge in [0.05, 0.1) is 0 Å². The third-order valence-corrected chi connectivity index (χ3v) is 5.62. The second-order valence-corrected chi connectivity index (χ2v) is 7.00. The maximum Gasteiger partial charge on any atom is 0.123 e. The van der Waals surface area contributed by atoms with Crippen molar-refractivity contribution in [2.24, 2.45) is 0 Å². The van der Waals surface area contributed by atoms with E-state index in [1.807, 2.05) is 6.07 Å². The van der Waals surface area contributed by atoms with Crippen molar-refractivity contribution in [3.05, 3.63) is 101 Å². The largest absolute Gasteiger partial charge is 0.207 e. The zero-order chi connectivity index (χ0) is 16.8. The first-order valence-electron chi connectivity index (χ1n) is 8.97. The highest BCUT2D eigenvalue weighted by Crippen LogP contribution is 2.46. The Balaban J connectivity index is 1.77. The maximum atomic E-state index is 13.9. The van der Waals surface area contributed by atoms with E-state index in [9.17, 15) is 4.39 Å². The SMILES string of the molecule is Fc1cccc(C2Cc3c(ccc4ccccc34)C3=C2CCC=C3)c1. The van der Waals surface area contributed by atoms with Crippen LogP contribution in [0.3, 0.4) is 0 Å². The van der Waals surface area contributed by atoms with Crippen LogP contribution in [0.4, 0.5) is 4.39 Å². The lowest BCUT2D eigenvalue weighted by Gasteiger charge is -2.32. The Labute approximate surface area is 147 Å². The molecule has 0 amide bonds. The van der Waals surface area contributed by atoms with Crippen molar-refractivity contribution < 1.29 is 4.39 Å². The standard InChI is InChI=1S/C24H19F/c25-18-8-5-7-17(14-18)23-15-24-19-9-2-1-6-16(19)12-13-22(24)20-10-3-4-11-21(20)23/h1-3,5-10,12-14,23H,4,11,15H2. The third kappa shape index (κ3) is 2.34. The highest BCUT2D eigenvalue weighted by molar-refractivity contribution is 5.94. The molecule has 0 fully saturated rings. The van der Waals surface area contributed by atoms with Crippen molar-refractivity contribution in [3.8, 4) is 0 Å². The molecule has 1 heteroatoms. The summed E-state index contributed by atoms with van der Waals surface area (Å²) in [6.45, 7) is 0. The monoisotopic (exact) mass is 326 g/mol. The highest BCUT2D eigenvalue weighted by atomic mass is 19.1. The normalized spacial score (nSPS) is 19.0. The summed E-state index contributed by atoms with van der Waals surface area (Å²) in [5.74, 6) is 0.128. The summed E-state index contributed by atoms with van der Waals surface area (Å²) in [5.41, 5.74) is 6.68. The molecule has 122 valence electrons. The fraction of sp³-hybridized carbons (Fsp3) is 0.167. The van der Waals surface area contributed by atoms with Crippen LogP contribution >= 0.6 is 0 Å². The van der Waals surface area contributed by atoms with Crippen molar-refractivity contribution in [1.82, 2.24) is 0 Å². The van der Waals surface area contributed by atoms with Gasteiger partial charge in [-0.1, -0.05) is 66.3 Å². The van der Waals surface area contributed by atoms with E-state index in [2.05, 4.69) is 54.6 Å². The lowest BCUT2D eigenvalue weighted by molar-refractivity contribution is 0.620. The first-order chi connectivity index (χ1) is 12.3. The molecule has 25 heavy (non-hydrogen) atoms. The van der Waals surface area contributed by atoms with E-state index in [-0.39, 0.29) is 11.7 Å². The van der Waals surface area contributed by atoms with Crippen LogP contribution in [-0.4, -0.2) is 0 Å². The Kier molecular flexibility index (Phi) is 3.34. The fourth-order valence-corrected chi connectivity index (χ4v) is 4.48. The summed E-state index contributed by atoms with van der Waals surface area (Å²) in [6, 6.07) is 20.2. The van der Waals surface area contributed by atoms with Gasteiger partial charge in [-0.2, -0.15) is 0 Å². The van der Waals surface area contributed by atoms with Crippen molar-refractivity contribution >= 4 is 16.3 Å². The summed E-state index contributed by atoms with van der Waals surface area (Å²) in [7, 11) is 0. The Morgan fingerprint density at radius 3 is 2.76 bits per heavy atom. The molecular formula is C24H19F. The van der Waals surface area contributed by atoms with Crippen LogP contribution < -0.4 is 0 Å². The smallest absolute Gasteiger partial charge is 0.123 e. The minimum Gasteiger partial charge on any atom is -0.207 e. The highest BCUT2D eigenvalue weighted by Gasteiger charge is 2.29. The van der Waals surface area contributed by atoms with Gasteiger partial charge < -0.3 is 0 Å². The fourth-order valence-electron chi connectivity index (χ4n) is 4.48. The Hall–Kier alpha value is -2.67. The second kappa shape index (κ2) is 5.70. The van der Waals surface area contributed by atoms with Gasteiger partial charge in [0.2, 0.25) is 0 Å². The average molecular weight is 326 g/mol. The lowest BCUT2D eigenvalue weighted by atomic mass is 9.71. The number of allylic oxidation sites excluding steroid dienone is 4. The molecule has 0 radical (unpaired) electrons. The van der Waals surface area contributed by atoms with Crippen LogP contribution in [-0.2, 0) is 6.42 Å². The third-order valence-electron chi connectivity index (χ3n) is 5.62. The molecule has 2 aliphatic carbocycles. The number of rotatable bonds is 1. The van der Waals surface area contributed by atoms with Gasteiger partial charge in [-0.25, -0.2) is 4.39 Å². The predicted octanol–water partition coefficient (Wildman–Crippen LogP) is 6.42. The zero-order valence-electron chi connectivity index (χ0n) is 14.0. The molecule has 3 aromatic carbocycles. The van der Waals surface area contributed by atoms with Crippen LogP contribution in [0.15, 0.2) is 78.4 Å². The van der Waals surface area contributed by atoms with Crippen molar-refractivity contribution in [1.29, 1.82) is 0 Å². The Bertz CT molecular complexity index is 1040. The van der Waals surface area contributed by atoms with Gasteiger partial charge in [-0.05, 0) is 64.4 Å². The van der Waals surface area contributed by atoms with E-state index in [4.69, 9.17) is 0 Å². The summed E-state index contributed by atoms with van der Waals surface area (Å²) in [4.78, 5) is 0. The minimum absolute atomic E-state index is 0.144. The molecular weight excluding hydrogens is 307 g/mol. The van der Waals surface area contributed by atoms with Crippen LogP contribution in [0.2, 0.25) is 0 Å². The van der Waals surface area contributed by atoms with E-state index in [0.29, 0.717) is 0 Å². The maximum absolute atomic E-state index is 13.9. The molecule has 0 spiro atoms. The van der Waals surface area contributed by atoms with Crippen LogP contribution in [0.1, 0.15) is 35.4 Å². The summed E-state index contributed by atoms with van der Waals surface area (Å²) in [5, 5.41) is 2.61. The quantitative estimate of drug-likeness (QED) is 0.484. The molecule has 0 saturated heterocycles. The van der Waals surface area contributed by atoms with E-state index in [1.165, 1.54) is 39.1 Å². The summed E-state index contributed by atoms with van der Waals surface area (Å²) in [6.07, 6.45) is 7.64. The molecule has 0 N–H and O–H groups in total. The van der Waals surface area contributed by atoms with E-state index in [1.54, 1.807) is 6.07 Å². The van der Waals surface area contributed by atoms with E-state index >= 15 is 0 Å². The van der Waals surface area contributed by atoms with Crippen molar-refractivity contribution in [2.45, 2.75) is 25.2 Å². The average Bonchev–Trinajstić information content (AvgIpc) is 2.67. The topological polar surface area (TPSA) is 0 Å². The first-order valence-corrected chi connectivity index (χ1v) is 8.97. The molecule has 0 heterocycles. The van der Waals surface area contributed by atoms with Crippen molar-refractivity contribution in [3.63, 3.8) is 0 Å². The molecule has 3 aromatic rings. The van der Waals surface area contributed by atoms with Gasteiger partial charge in [0.25, 0.3) is 0 Å². The van der Waals surface area contributed by atoms with Crippen LogP contribution in [0.25, 0.3) is 16.3 Å². The second-order valence-electron chi connectivity index (χ2n) is 7.00. The minimum atomic E-state index is -0.144. The van der Waals surface area contributed by atoms with Crippen LogP contribution in [0, 0.1) is 5.82 Å². The molecule has 0 bridgehead atoms. The number of hydrogen-bond acceptors (Lipinski definition) is 0. The van der Waals surface area contributed by atoms with E-state index in [0.717, 1.165) is 24.8 Å². The molecule has 0 aliphatic heterocycles. The van der Waals surface area contributed by atoms with Gasteiger partial charge in [0.15, 0.2) is 0 Å².